The average Bonchev–Trinajstić information content (AvgIpc) is 3.05. The highest BCUT2D eigenvalue weighted by atomic mass is 19.4. The van der Waals surface area contributed by atoms with E-state index in [4.69, 9.17) is 5.26 Å². The smallest absolute Gasteiger partial charge is 0.381 e. The van der Waals surface area contributed by atoms with E-state index in [9.17, 15) is 18.0 Å². The Labute approximate surface area is 148 Å². The molecule has 0 unspecified atom stereocenters. The standard InChI is InChI=1S/C19H16F3N3O/c20-19(21,22)17-10-15(6-5-14(17)11-23)24-12-13-3-7-16(8-4-13)25-9-1-2-18(25)26/h3-8,10,24H,1-2,9,12H2. The first-order chi connectivity index (χ1) is 12.4. The zero-order valence-corrected chi connectivity index (χ0v) is 13.8. The van der Waals surface area contributed by atoms with Crippen LogP contribution in [0.25, 0.3) is 0 Å². The lowest BCUT2D eigenvalue weighted by atomic mass is 10.1. The summed E-state index contributed by atoms with van der Waals surface area (Å²) >= 11 is 0. The Morgan fingerprint density at radius 1 is 1.15 bits per heavy atom. The number of alkyl halides is 3. The summed E-state index contributed by atoms with van der Waals surface area (Å²) in [6.07, 6.45) is -3.17. The highest BCUT2D eigenvalue weighted by Gasteiger charge is 2.33. The van der Waals surface area contributed by atoms with E-state index in [1.807, 2.05) is 24.3 Å². The summed E-state index contributed by atoms with van der Waals surface area (Å²) in [7, 11) is 0. The molecule has 1 aliphatic rings. The molecule has 0 aliphatic carbocycles. The van der Waals surface area contributed by atoms with Crippen molar-refractivity contribution in [2.45, 2.75) is 25.6 Å². The van der Waals surface area contributed by atoms with Crippen LogP contribution >= 0.6 is 0 Å². The van der Waals surface area contributed by atoms with Crippen LogP contribution in [0.5, 0.6) is 0 Å². The SMILES string of the molecule is N#Cc1ccc(NCc2ccc(N3CCCC3=O)cc2)cc1C(F)(F)F. The lowest BCUT2D eigenvalue weighted by Crippen LogP contribution is -2.23. The van der Waals surface area contributed by atoms with Gasteiger partial charge < -0.3 is 10.2 Å². The van der Waals surface area contributed by atoms with E-state index < -0.39 is 17.3 Å². The number of nitrogens with one attached hydrogen (secondary N) is 1. The van der Waals surface area contributed by atoms with Crippen LogP contribution in [0, 0.1) is 11.3 Å². The molecule has 1 heterocycles. The molecular formula is C19H16F3N3O. The molecule has 2 aromatic carbocycles. The number of carbonyl (C=O) groups excluding carboxylic acids is 1. The number of nitriles is 1. The van der Waals surface area contributed by atoms with Crippen LogP contribution in [0.1, 0.15) is 29.5 Å². The Kier molecular flexibility index (Phi) is 4.85. The lowest BCUT2D eigenvalue weighted by molar-refractivity contribution is -0.137. The Hall–Kier alpha value is -3.01. The van der Waals surface area contributed by atoms with Gasteiger partial charge >= 0.3 is 6.18 Å². The highest BCUT2D eigenvalue weighted by molar-refractivity contribution is 5.95. The van der Waals surface area contributed by atoms with E-state index in [1.165, 1.54) is 6.07 Å². The third kappa shape index (κ3) is 3.80. The summed E-state index contributed by atoms with van der Waals surface area (Å²) < 4.78 is 39.0. The topological polar surface area (TPSA) is 56.1 Å². The molecule has 1 aliphatic heterocycles. The van der Waals surface area contributed by atoms with Crippen molar-refractivity contribution in [1.82, 2.24) is 0 Å². The molecule has 134 valence electrons. The molecule has 1 fully saturated rings. The number of hydrogen-bond donors (Lipinski definition) is 1. The molecule has 1 saturated heterocycles. The fraction of sp³-hybridized carbons (Fsp3) is 0.263. The molecule has 7 heteroatoms. The van der Waals surface area contributed by atoms with Gasteiger partial charge in [0.25, 0.3) is 0 Å². The van der Waals surface area contributed by atoms with Crippen molar-refractivity contribution >= 4 is 17.3 Å². The van der Waals surface area contributed by atoms with Crippen molar-refractivity contribution in [2.24, 2.45) is 0 Å². The fourth-order valence-corrected chi connectivity index (χ4v) is 2.91. The number of rotatable bonds is 4. The first-order valence-corrected chi connectivity index (χ1v) is 8.13. The molecule has 1 amide bonds. The predicted octanol–water partition coefficient (Wildman–Crippen LogP) is 4.32. The molecule has 0 bridgehead atoms. The van der Waals surface area contributed by atoms with Gasteiger partial charge in [-0.05, 0) is 42.3 Å². The van der Waals surface area contributed by atoms with Crippen LogP contribution in [0.15, 0.2) is 42.5 Å². The van der Waals surface area contributed by atoms with Gasteiger partial charge in [-0.25, -0.2) is 0 Å². The molecule has 0 aromatic heterocycles. The zero-order valence-electron chi connectivity index (χ0n) is 13.8. The second kappa shape index (κ2) is 7.08. The molecule has 3 rings (SSSR count). The van der Waals surface area contributed by atoms with Crippen molar-refractivity contribution in [3.8, 4) is 6.07 Å². The molecule has 0 atom stereocenters. The van der Waals surface area contributed by atoms with Crippen LogP contribution in [0.2, 0.25) is 0 Å². The molecular weight excluding hydrogens is 343 g/mol. The molecule has 26 heavy (non-hydrogen) atoms. The van der Waals surface area contributed by atoms with Gasteiger partial charge in [-0.1, -0.05) is 12.1 Å². The third-order valence-corrected chi connectivity index (χ3v) is 4.26. The van der Waals surface area contributed by atoms with Gasteiger partial charge in [-0.3, -0.25) is 4.79 Å². The molecule has 1 N–H and O–H groups in total. The summed E-state index contributed by atoms with van der Waals surface area (Å²) in [6, 6.07) is 12.4. The van der Waals surface area contributed by atoms with E-state index in [0.717, 1.165) is 29.8 Å². The molecule has 0 spiro atoms. The summed E-state index contributed by atoms with van der Waals surface area (Å²) in [5.74, 6) is 0.105. The minimum Gasteiger partial charge on any atom is -0.381 e. The number of amides is 1. The monoisotopic (exact) mass is 359 g/mol. The maximum absolute atomic E-state index is 13.0. The number of benzene rings is 2. The second-order valence-electron chi connectivity index (χ2n) is 6.04. The maximum atomic E-state index is 13.0. The van der Waals surface area contributed by atoms with Crippen LogP contribution < -0.4 is 10.2 Å². The van der Waals surface area contributed by atoms with E-state index in [0.29, 0.717) is 19.5 Å². The Morgan fingerprint density at radius 2 is 1.88 bits per heavy atom. The van der Waals surface area contributed by atoms with Crippen molar-refractivity contribution in [1.29, 1.82) is 5.26 Å². The van der Waals surface area contributed by atoms with E-state index >= 15 is 0 Å². The largest absolute Gasteiger partial charge is 0.417 e. The third-order valence-electron chi connectivity index (χ3n) is 4.26. The van der Waals surface area contributed by atoms with Crippen molar-refractivity contribution < 1.29 is 18.0 Å². The Morgan fingerprint density at radius 3 is 2.46 bits per heavy atom. The minimum atomic E-state index is -4.58. The molecule has 4 nitrogen and oxygen atoms in total. The number of anilines is 2. The van der Waals surface area contributed by atoms with E-state index in [-0.39, 0.29) is 11.6 Å². The second-order valence-corrected chi connectivity index (χ2v) is 6.04. The van der Waals surface area contributed by atoms with Gasteiger partial charge in [0, 0.05) is 30.9 Å². The highest BCUT2D eigenvalue weighted by Crippen LogP contribution is 2.33. The van der Waals surface area contributed by atoms with E-state index in [1.54, 1.807) is 11.0 Å². The fourth-order valence-electron chi connectivity index (χ4n) is 2.91. The van der Waals surface area contributed by atoms with Crippen molar-refractivity contribution in [3.05, 3.63) is 59.2 Å². The Balaban J connectivity index is 1.69. The molecule has 0 saturated carbocycles. The minimum absolute atomic E-state index is 0.105. The summed E-state index contributed by atoms with van der Waals surface area (Å²) in [5, 5.41) is 11.7. The van der Waals surface area contributed by atoms with Crippen LogP contribution in [-0.4, -0.2) is 12.5 Å². The molecule has 0 radical (unpaired) electrons. The van der Waals surface area contributed by atoms with Gasteiger partial charge in [0.05, 0.1) is 17.2 Å². The van der Waals surface area contributed by atoms with Gasteiger partial charge in [0.15, 0.2) is 0 Å². The van der Waals surface area contributed by atoms with Crippen molar-refractivity contribution in [2.75, 3.05) is 16.8 Å². The van der Waals surface area contributed by atoms with Gasteiger partial charge in [0.1, 0.15) is 0 Å². The number of halogens is 3. The van der Waals surface area contributed by atoms with Gasteiger partial charge in [-0.2, -0.15) is 18.4 Å². The molecule has 2 aromatic rings. The van der Waals surface area contributed by atoms with Crippen LogP contribution in [-0.2, 0) is 17.5 Å². The van der Waals surface area contributed by atoms with Crippen LogP contribution in [0.3, 0.4) is 0 Å². The van der Waals surface area contributed by atoms with Gasteiger partial charge in [-0.15, -0.1) is 0 Å². The quantitative estimate of drug-likeness (QED) is 0.885. The maximum Gasteiger partial charge on any atom is 0.417 e. The number of nitrogens with zero attached hydrogens (tertiary/aromatic N) is 2. The first kappa shape index (κ1) is 17.8. The lowest BCUT2D eigenvalue weighted by Gasteiger charge is -2.16. The van der Waals surface area contributed by atoms with Gasteiger partial charge in [0.2, 0.25) is 5.91 Å². The number of hydrogen-bond acceptors (Lipinski definition) is 3. The van der Waals surface area contributed by atoms with E-state index in [2.05, 4.69) is 5.32 Å². The number of carbonyl (C=O) groups is 1. The van der Waals surface area contributed by atoms with Crippen molar-refractivity contribution in [3.63, 3.8) is 0 Å². The first-order valence-electron chi connectivity index (χ1n) is 8.13. The zero-order chi connectivity index (χ0) is 18.7. The normalized spacial score (nSPS) is 14.4. The Bertz CT molecular complexity index is 854. The summed E-state index contributed by atoms with van der Waals surface area (Å²) in [6.45, 7) is 1.04. The van der Waals surface area contributed by atoms with Crippen LogP contribution in [0.4, 0.5) is 24.5 Å². The summed E-state index contributed by atoms with van der Waals surface area (Å²) in [4.78, 5) is 13.5. The summed E-state index contributed by atoms with van der Waals surface area (Å²) in [5.41, 5.74) is 0.637. The average molecular weight is 359 g/mol. The predicted molar refractivity (Wildman–Crippen MR) is 91.5 cm³/mol.